The van der Waals surface area contributed by atoms with Crippen LogP contribution < -0.4 is 10.1 Å². The van der Waals surface area contributed by atoms with Crippen molar-refractivity contribution in [3.8, 4) is 5.75 Å². The first-order valence-corrected chi connectivity index (χ1v) is 7.25. The highest BCUT2D eigenvalue weighted by Gasteiger charge is 2.19. The maximum Gasteiger partial charge on any atom is 0.119 e. The van der Waals surface area contributed by atoms with Crippen LogP contribution in [0.25, 0.3) is 0 Å². The molecular weight excluding hydrogens is 278 g/mol. The van der Waals surface area contributed by atoms with Crippen LogP contribution in [-0.4, -0.2) is 19.2 Å². The zero-order valence-electron chi connectivity index (χ0n) is 10.1. The van der Waals surface area contributed by atoms with Crippen LogP contribution in [-0.2, 0) is 0 Å². The number of benzene rings is 1. The molecule has 2 rings (SSSR count). The average Bonchev–Trinajstić information content (AvgIpc) is 3.14. The molecule has 1 fully saturated rings. The third kappa shape index (κ3) is 5.55. The van der Waals surface area contributed by atoms with Gasteiger partial charge in [-0.1, -0.05) is 15.9 Å². The third-order valence-electron chi connectivity index (χ3n) is 2.91. The maximum atomic E-state index is 5.66. The molecule has 0 atom stereocenters. The summed E-state index contributed by atoms with van der Waals surface area (Å²) in [7, 11) is 0. The van der Waals surface area contributed by atoms with E-state index in [2.05, 4.69) is 21.2 Å². The zero-order valence-corrected chi connectivity index (χ0v) is 11.7. The smallest absolute Gasteiger partial charge is 0.119 e. The highest BCUT2D eigenvalue weighted by Crippen LogP contribution is 2.18. The molecule has 1 aliphatic carbocycles. The summed E-state index contributed by atoms with van der Waals surface area (Å²) in [6.07, 6.45) is 6.41. The highest BCUT2D eigenvalue weighted by molar-refractivity contribution is 9.10. The van der Waals surface area contributed by atoms with Gasteiger partial charge in [-0.3, -0.25) is 0 Å². The molecule has 1 saturated carbocycles. The molecule has 1 aromatic rings. The molecule has 0 spiro atoms. The fourth-order valence-corrected chi connectivity index (χ4v) is 1.98. The van der Waals surface area contributed by atoms with Gasteiger partial charge in [-0.25, -0.2) is 0 Å². The second-order valence-electron chi connectivity index (χ2n) is 4.59. The van der Waals surface area contributed by atoms with Crippen LogP contribution in [0.4, 0.5) is 0 Å². The number of halogens is 1. The predicted molar refractivity (Wildman–Crippen MR) is 74.5 cm³/mol. The monoisotopic (exact) mass is 297 g/mol. The Labute approximate surface area is 112 Å². The average molecular weight is 298 g/mol. The van der Waals surface area contributed by atoms with E-state index in [-0.39, 0.29) is 0 Å². The van der Waals surface area contributed by atoms with Gasteiger partial charge in [-0.15, -0.1) is 0 Å². The standard InChI is InChI=1S/C14H20BrNO/c15-12-4-8-14(9-5-12)17-11-3-1-2-10-16-13-6-7-13/h4-5,8-9,13,16H,1-3,6-7,10-11H2. The van der Waals surface area contributed by atoms with Gasteiger partial charge in [0.15, 0.2) is 0 Å². The lowest BCUT2D eigenvalue weighted by molar-refractivity contribution is 0.305. The molecule has 1 N–H and O–H groups in total. The molecule has 0 amide bonds. The van der Waals surface area contributed by atoms with Gasteiger partial charge < -0.3 is 10.1 Å². The molecule has 94 valence electrons. The van der Waals surface area contributed by atoms with E-state index >= 15 is 0 Å². The van der Waals surface area contributed by atoms with Crippen molar-refractivity contribution in [2.24, 2.45) is 0 Å². The van der Waals surface area contributed by atoms with Gasteiger partial charge in [0, 0.05) is 10.5 Å². The minimum Gasteiger partial charge on any atom is -0.494 e. The second kappa shape index (κ2) is 7.02. The van der Waals surface area contributed by atoms with Gasteiger partial charge in [0.1, 0.15) is 5.75 Å². The number of nitrogens with one attached hydrogen (secondary N) is 1. The SMILES string of the molecule is Brc1ccc(OCCCCCNC2CC2)cc1. The van der Waals surface area contributed by atoms with Crippen molar-refractivity contribution in [1.29, 1.82) is 0 Å². The Balaban J connectivity index is 1.46. The van der Waals surface area contributed by atoms with Crippen molar-refractivity contribution >= 4 is 15.9 Å². The Hall–Kier alpha value is -0.540. The summed E-state index contributed by atoms with van der Waals surface area (Å²) < 4.78 is 6.75. The topological polar surface area (TPSA) is 21.3 Å². The minimum atomic E-state index is 0.824. The molecule has 0 saturated heterocycles. The van der Waals surface area contributed by atoms with E-state index in [9.17, 15) is 0 Å². The van der Waals surface area contributed by atoms with Gasteiger partial charge in [0.05, 0.1) is 6.61 Å². The van der Waals surface area contributed by atoms with Crippen molar-refractivity contribution in [2.45, 2.75) is 38.1 Å². The van der Waals surface area contributed by atoms with Crippen LogP contribution in [0.2, 0.25) is 0 Å². The first-order chi connectivity index (χ1) is 8.34. The lowest BCUT2D eigenvalue weighted by Gasteiger charge is -2.06. The second-order valence-corrected chi connectivity index (χ2v) is 5.51. The summed E-state index contributed by atoms with van der Waals surface area (Å²) in [6.45, 7) is 1.99. The molecule has 0 heterocycles. The summed E-state index contributed by atoms with van der Waals surface area (Å²) in [5, 5.41) is 3.53. The van der Waals surface area contributed by atoms with Crippen molar-refractivity contribution < 1.29 is 4.74 Å². The molecular formula is C14H20BrNO. The third-order valence-corrected chi connectivity index (χ3v) is 3.44. The fourth-order valence-electron chi connectivity index (χ4n) is 1.72. The van der Waals surface area contributed by atoms with Crippen LogP contribution >= 0.6 is 15.9 Å². The Bertz CT molecular complexity index is 321. The predicted octanol–water partition coefficient (Wildman–Crippen LogP) is 3.75. The lowest BCUT2D eigenvalue weighted by Crippen LogP contribution is -2.17. The van der Waals surface area contributed by atoms with Crippen molar-refractivity contribution in [3.05, 3.63) is 28.7 Å². The molecule has 0 bridgehead atoms. The normalized spacial score (nSPS) is 14.9. The van der Waals surface area contributed by atoms with Gasteiger partial charge in [-0.2, -0.15) is 0 Å². The first-order valence-electron chi connectivity index (χ1n) is 6.46. The molecule has 0 aliphatic heterocycles. The molecule has 2 nitrogen and oxygen atoms in total. The summed E-state index contributed by atoms with van der Waals surface area (Å²) >= 11 is 3.41. The van der Waals surface area contributed by atoms with E-state index < -0.39 is 0 Å². The van der Waals surface area contributed by atoms with E-state index in [0.29, 0.717) is 0 Å². The maximum absolute atomic E-state index is 5.66. The number of unbranched alkanes of at least 4 members (excludes halogenated alkanes) is 2. The van der Waals surface area contributed by atoms with Crippen LogP contribution in [0.3, 0.4) is 0 Å². The largest absolute Gasteiger partial charge is 0.494 e. The van der Waals surface area contributed by atoms with E-state index in [4.69, 9.17) is 4.74 Å². The van der Waals surface area contributed by atoms with Crippen molar-refractivity contribution in [3.63, 3.8) is 0 Å². The van der Waals surface area contributed by atoms with Crippen LogP contribution in [0.1, 0.15) is 32.1 Å². The number of hydrogen-bond donors (Lipinski definition) is 1. The van der Waals surface area contributed by atoms with E-state index in [1.807, 2.05) is 24.3 Å². The van der Waals surface area contributed by atoms with Gasteiger partial charge in [0.2, 0.25) is 0 Å². The van der Waals surface area contributed by atoms with Gasteiger partial charge >= 0.3 is 0 Å². The van der Waals surface area contributed by atoms with E-state index in [1.54, 1.807) is 0 Å². The highest BCUT2D eigenvalue weighted by atomic mass is 79.9. The summed E-state index contributed by atoms with van der Waals surface area (Å²) in [5.74, 6) is 0.962. The summed E-state index contributed by atoms with van der Waals surface area (Å²) in [5.41, 5.74) is 0. The Kier molecular flexibility index (Phi) is 5.33. The van der Waals surface area contributed by atoms with Gasteiger partial charge in [0.25, 0.3) is 0 Å². The first kappa shape index (κ1) is 12.9. The summed E-state index contributed by atoms with van der Waals surface area (Å²) in [6, 6.07) is 8.86. The molecule has 1 aromatic carbocycles. The molecule has 3 heteroatoms. The lowest BCUT2D eigenvalue weighted by atomic mass is 10.2. The Morgan fingerprint density at radius 2 is 1.88 bits per heavy atom. The molecule has 0 aromatic heterocycles. The van der Waals surface area contributed by atoms with E-state index in [0.717, 1.165) is 29.3 Å². The van der Waals surface area contributed by atoms with Crippen LogP contribution in [0.5, 0.6) is 5.75 Å². The van der Waals surface area contributed by atoms with Crippen molar-refractivity contribution in [2.75, 3.05) is 13.2 Å². The van der Waals surface area contributed by atoms with E-state index in [1.165, 1.54) is 32.2 Å². The molecule has 1 aliphatic rings. The number of rotatable bonds is 8. The quantitative estimate of drug-likeness (QED) is 0.738. The zero-order chi connectivity index (χ0) is 11.9. The minimum absolute atomic E-state index is 0.824. The Morgan fingerprint density at radius 3 is 2.59 bits per heavy atom. The molecule has 17 heavy (non-hydrogen) atoms. The molecule has 0 unspecified atom stereocenters. The van der Waals surface area contributed by atoms with Gasteiger partial charge in [-0.05, 0) is 62.9 Å². The van der Waals surface area contributed by atoms with Crippen LogP contribution in [0.15, 0.2) is 28.7 Å². The fraction of sp³-hybridized carbons (Fsp3) is 0.571. The number of ether oxygens (including phenoxy) is 1. The van der Waals surface area contributed by atoms with Crippen molar-refractivity contribution in [1.82, 2.24) is 5.32 Å². The Morgan fingerprint density at radius 1 is 1.12 bits per heavy atom. The van der Waals surface area contributed by atoms with Crippen LogP contribution in [0, 0.1) is 0 Å². The number of hydrogen-bond acceptors (Lipinski definition) is 2. The molecule has 0 radical (unpaired) electrons. The summed E-state index contributed by atoms with van der Waals surface area (Å²) in [4.78, 5) is 0.